The molecule has 0 radical (unpaired) electrons. The molecule has 0 aliphatic heterocycles. The lowest BCUT2D eigenvalue weighted by atomic mass is 10.1. The average Bonchev–Trinajstić information content (AvgIpc) is 2.76. The number of rotatable bonds is 5. The van der Waals surface area contributed by atoms with Crippen LogP contribution in [0.15, 0.2) is 18.2 Å². The first-order valence-corrected chi connectivity index (χ1v) is 7.04. The number of ether oxygens (including phenoxy) is 1. The van der Waals surface area contributed by atoms with Crippen LogP contribution in [0.1, 0.15) is 39.2 Å². The van der Waals surface area contributed by atoms with Crippen molar-refractivity contribution in [1.82, 2.24) is 9.97 Å². The van der Waals surface area contributed by atoms with Gasteiger partial charge in [0.2, 0.25) is 5.95 Å². The number of aromatic amines is 1. The summed E-state index contributed by atoms with van der Waals surface area (Å²) in [7, 11) is 0. The van der Waals surface area contributed by atoms with E-state index in [2.05, 4.69) is 34.3 Å². The molecule has 0 unspecified atom stereocenters. The Morgan fingerprint density at radius 2 is 2.25 bits per heavy atom. The van der Waals surface area contributed by atoms with Crippen molar-refractivity contribution in [3.63, 3.8) is 0 Å². The number of amides is 1. The monoisotopic (exact) mass is 275 g/mol. The summed E-state index contributed by atoms with van der Waals surface area (Å²) in [6.45, 7) is 5.79. The molecule has 108 valence electrons. The summed E-state index contributed by atoms with van der Waals surface area (Å²) in [5, 5.41) is 2.60. The van der Waals surface area contributed by atoms with E-state index >= 15 is 0 Å². The molecular weight excluding hydrogens is 254 g/mol. The number of H-pyrrole nitrogens is 1. The van der Waals surface area contributed by atoms with Crippen LogP contribution in [0.25, 0.3) is 11.0 Å². The fourth-order valence-corrected chi connectivity index (χ4v) is 1.99. The summed E-state index contributed by atoms with van der Waals surface area (Å²) >= 11 is 0. The number of imidazole rings is 1. The van der Waals surface area contributed by atoms with E-state index in [4.69, 9.17) is 4.74 Å². The van der Waals surface area contributed by atoms with Crippen LogP contribution < -0.4 is 5.32 Å². The minimum Gasteiger partial charge on any atom is -0.447 e. The Bertz CT molecular complexity index is 590. The zero-order valence-electron chi connectivity index (χ0n) is 12.2. The molecule has 20 heavy (non-hydrogen) atoms. The van der Waals surface area contributed by atoms with Crippen LogP contribution >= 0.6 is 0 Å². The first kappa shape index (κ1) is 14.4. The highest BCUT2D eigenvalue weighted by Crippen LogP contribution is 2.17. The zero-order chi connectivity index (χ0) is 14.5. The van der Waals surface area contributed by atoms with Crippen LogP contribution in [0, 0.1) is 0 Å². The molecule has 0 fully saturated rings. The molecular formula is C15H21N3O2. The third-order valence-electron chi connectivity index (χ3n) is 2.93. The van der Waals surface area contributed by atoms with Gasteiger partial charge in [-0.05, 0) is 44.4 Å². The van der Waals surface area contributed by atoms with E-state index in [0.717, 1.165) is 17.5 Å². The Morgan fingerprint density at radius 1 is 1.45 bits per heavy atom. The number of nitrogens with zero attached hydrogens (tertiary/aromatic N) is 1. The molecule has 5 nitrogen and oxygen atoms in total. The Labute approximate surface area is 118 Å². The molecule has 0 aliphatic carbocycles. The van der Waals surface area contributed by atoms with Crippen LogP contribution in [0.3, 0.4) is 0 Å². The largest absolute Gasteiger partial charge is 0.447 e. The maximum Gasteiger partial charge on any atom is 0.414 e. The number of aryl methyl sites for hydroxylation is 1. The van der Waals surface area contributed by atoms with Gasteiger partial charge >= 0.3 is 6.09 Å². The molecule has 0 atom stereocenters. The molecule has 2 aromatic rings. The summed E-state index contributed by atoms with van der Waals surface area (Å²) in [6, 6.07) is 6.13. The molecule has 2 N–H and O–H groups in total. The number of carbonyl (C=O) groups excluding carboxylic acids is 1. The van der Waals surface area contributed by atoms with Gasteiger partial charge in [0.05, 0.1) is 17.1 Å². The Balaban J connectivity index is 2.10. The number of hydrogen-bond donors (Lipinski definition) is 2. The second-order valence-corrected chi connectivity index (χ2v) is 5.12. The molecule has 5 heteroatoms. The van der Waals surface area contributed by atoms with E-state index in [1.807, 2.05) is 6.07 Å². The molecule has 0 spiro atoms. The van der Waals surface area contributed by atoms with Gasteiger partial charge in [-0.2, -0.15) is 0 Å². The van der Waals surface area contributed by atoms with Crippen LogP contribution in [-0.2, 0) is 11.2 Å². The van der Waals surface area contributed by atoms with Crippen LogP contribution in [-0.4, -0.2) is 22.2 Å². The van der Waals surface area contributed by atoms with Crippen molar-refractivity contribution in [3.8, 4) is 0 Å². The number of anilines is 1. The maximum absolute atomic E-state index is 11.5. The lowest BCUT2D eigenvalue weighted by molar-refractivity contribution is 0.130. The number of aromatic nitrogens is 2. The van der Waals surface area contributed by atoms with Gasteiger partial charge in [-0.1, -0.05) is 19.4 Å². The van der Waals surface area contributed by atoms with Crippen molar-refractivity contribution in [2.24, 2.45) is 0 Å². The summed E-state index contributed by atoms with van der Waals surface area (Å²) in [6.07, 6.45) is 2.76. The number of nitrogens with one attached hydrogen (secondary N) is 2. The highest BCUT2D eigenvalue weighted by atomic mass is 16.6. The van der Waals surface area contributed by atoms with Gasteiger partial charge in [-0.25, -0.2) is 9.78 Å². The van der Waals surface area contributed by atoms with Crippen molar-refractivity contribution in [3.05, 3.63) is 23.8 Å². The first-order valence-electron chi connectivity index (χ1n) is 7.04. The summed E-state index contributed by atoms with van der Waals surface area (Å²) in [5.41, 5.74) is 3.04. The fourth-order valence-electron chi connectivity index (χ4n) is 1.99. The maximum atomic E-state index is 11.5. The Morgan fingerprint density at radius 3 is 2.95 bits per heavy atom. The third-order valence-corrected chi connectivity index (χ3v) is 2.93. The van der Waals surface area contributed by atoms with Gasteiger partial charge in [-0.15, -0.1) is 0 Å². The summed E-state index contributed by atoms with van der Waals surface area (Å²) < 4.78 is 5.02. The molecule has 0 saturated heterocycles. The lowest BCUT2D eigenvalue weighted by Gasteiger charge is -2.06. The molecule has 1 aromatic carbocycles. The van der Waals surface area contributed by atoms with Gasteiger partial charge < -0.3 is 9.72 Å². The fraction of sp³-hybridized carbons (Fsp3) is 0.467. The third kappa shape index (κ3) is 3.73. The molecule has 0 saturated carbocycles. The minimum atomic E-state index is -0.495. The van der Waals surface area contributed by atoms with Crippen LogP contribution in [0.2, 0.25) is 0 Å². The zero-order valence-corrected chi connectivity index (χ0v) is 12.2. The van der Waals surface area contributed by atoms with Gasteiger partial charge in [0.1, 0.15) is 0 Å². The highest BCUT2D eigenvalue weighted by Gasteiger charge is 2.09. The smallest absolute Gasteiger partial charge is 0.414 e. The predicted molar refractivity (Wildman–Crippen MR) is 79.9 cm³/mol. The van der Waals surface area contributed by atoms with Crippen LogP contribution in [0.4, 0.5) is 10.7 Å². The lowest BCUT2D eigenvalue weighted by Crippen LogP contribution is -2.18. The highest BCUT2D eigenvalue weighted by molar-refractivity contribution is 5.86. The standard InChI is InChI=1S/C15H21N3O2/c1-4-5-6-11-7-8-12-13(9-11)17-14(16-12)18-15(19)20-10(2)3/h7-10H,4-6H2,1-3H3,(H2,16,17,18,19). The van der Waals surface area contributed by atoms with Crippen molar-refractivity contribution in [2.75, 3.05) is 5.32 Å². The molecule has 1 heterocycles. The molecule has 0 bridgehead atoms. The van der Waals surface area contributed by atoms with E-state index in [0.29, 0.717) is 5.95 Å². The molecule has 2 rings (SSSR count). The first-order chi connectivity index (χ1) is 9.58. The van der Waals surface area contributed by atoms with E-state index in [1.54, 1.807) is 13.8 Å². The second kappa shape index (κ2) is 6.41. The molecule has 0 aliphatic rings. The predicted octanol–water partition coefficient (Wildman–Crippen LogP) is 3.86. The Kier molecular flexibility index (Phi) is 4.61. The number of fused-ring (bicyclic) bond motifs is 1. The average molecular weight is 275 g/mol. The van der Waals surface area contributed by atoms with Gasteiger partial charge in [0, 0.05) is 0 Å². The summed E-state index contributed by atoms with van der Waals surface area (Å²) in [5.74, 6) is 0.415. The Hall–Kier alpha value is -2.04. The normalized spacial score (nSPS) is 11.0. The van der Waals surface area contributed by atoms with Gasteiger partial charge in [0.15, 0.2) is 0 Å². The van der Waals surface area contributed by atoms with E-state index < -0.39 is 6.09 Å². The van der Waals surface area contributed by atoms with Gasteiger partial charge in [-0.3, -0.25) is 5.32 Å². The number of hydrogen-bond acceptors (Lipinski definition) is 3. The SMILES string of the molecule is CCCCc1ccc2nc(NC(=O)OC(C)C)[nH]c2c1. The second-order valence-electron chi connectivity index (χ2n) is 5.12. The molecule has 1 aromatic heterocycles. The summed E-state index contributed by atoms with van der Waals surface area (Å²) in [4.78, 5) is 18.9. The topological polar surface area (TPSA) is 67.0 Å². The van der Waals surface area contributed by atoms with E-state index in [-0.39, 0.29) is 6.10 Å². The minimum absolute atomic E-state index is 0.153. The van der Waals surface area contributed by atoms with E-state index in [1.165, 1.54) is 18.4 Å². The van der Waals surface area contributed by atoms with Crippen molar-refractivity contribution in [1.29, 1.82) is 0 Å². The van der Waals surface area contributed by atoms with Crippen molar-refractivity contribution in [2.45, 2.75) is 46.1 Å². The number of unbranched alkanes of at least 4 members (excludes halogenated alkanes) is 1. The van der Waals surface area contributed by atoms with Crippen molar-refractivity contribution >= 4 is 23.1 Å². The van der Waals surface area contributed by atoms with Crippen LogP contribution in [0.5, 0.6) is 0 Å². The van der Waals surface area contributed by atoms with Crippen molar-refractivity contribution < 1.29 is 9.53 Å². The number of carbonyl (C=O) groups is 1. The van der Waals surface area contributed by atoms with E-state index in [9.17, 15) is 4.79 Å². The molecule has 1 amide bonds. The quantitative estimate of drug-likeness (QED) is 0.870. The van der Waals surface area contributed by atoms with Gasteiger partial charge in [0.25, 0.3) is 0 Å². The number of benzene rings is 1.